The summed E-state index contributed by atoms with van der Waals surface area (Å²) in [6.45, 7) is 4.93. The molecule has 0 aromatic heterocycles. The predicted octanol–water partition coefficient (Wildman–Crippen LogP) is 6.27. The Morgan fingerprint density at radius 3 is 2.07 bits per heavy atom. The van der Waals surface area contributed by atoms with Gasteiger partial charge in [0.1, 0.15) is 0 Å². The van der Waals surface area contributed by atoms with Crippen LogP contribution in [0.3, 0.4) is 0 Å². The largest absolute Gasteiger partial charge is 0.263 e. The van der Waals surface area contributed by atoms with Crippen molar-refractivity contribution in [3.05, 3.63) is 113 Å². The Bertz CT molecular complexity index is 955. The van der Waals surface area contributed by atoms with Crippen molar-refractivity contribution in [2.45, 2.75) is 26.4 Å². The van der Waals surface area contributed by atoms with Gasteiger partial charge in [0.05, 0.1) is 18.3 Å². The first kappa shape index (κ1) is 17.2. The Kier molecular flexibility index (Phi) is 4.84. The number of hydrogen-bond acceptors (Lipinski definition) is 3. The Labute approximate surface area is 160 Å². The van der Waals surface area contributed by atoms with Crippen molar-refractivity contribution in [2.24, 2.45) is 10.3 Å². The van der Waals surface area contributed by atoms with Crippen molar-refractivity contribution in [3.63, 3.8) is 0 Å². The summed E-state index contributed by atoms with van der Waals surface area (Å²) in [4.78, 5) is 0. The molecule has 3 aromatic rings. The molecule has 0 amide bonds. The summed E-state index contributed by atoms with van der Waals surface area (Å²) in [5.74, 6) is 0. The first-order valence-electron chi connectivity index (χ1n) is 9.27. The van der Waals surface area contributed by atoms with Crippen molar-refractivity contribution in [1.82, 2.24) is 5.01 Å². The molecule has 0 bridgehead atoms. The first-order valence-corrected chi connectivity index (χ1v) is 9.27. The molecule has 0 spiro atoms. The highest BCUT2D eigenvalue weighted by Gasteiger charge is 2.22. The van der Waals surface area contributed by atoms with Crippen LogP contribution in [0.15, 0.2) is 95.3 Å². The molecule has 27 heavy (non-hydrogen) atoms. The van der Waals surface area contributed by atoms with Gasteiger partial charge >= 0.3 is 0 Å². The summed E-state index contributed by atoms with van der Waals surface area (Å²) in [6.07, 6.45) is 2.21. The maximum Gasteiger partial charge on any atom is 0.0946 e. The SMILES string of the molecule is Cc1ccc(C2=CC(c3ccc(C)cc3)N(Cc3ccccc3)N=N2)cc1. The van der Waals surface area contributed by atoms with E-state index in [9.17, 15) is 0 Å². The van der Waals surface area contributed by atoms with Crippen molar-refractivity contribution < 1.29 is 0 Å². The fourth-order valence-electron chi connectivity index (χ4n) is 3.24. The van der Waals surface area contributed by atoms with Crippen LogP contribution in [0.1, 0.15) is 33.9 Å². The maximum absolute atomic E-state index is 4.58. The number of nitrogens with zero attached hydrogens (tertiary/aromatic N) is 3. The molecular weight excluding hydrogens is 330 g/mol. The van der Waals surface area contributed by atoms with Crippen LogP contribution in [0.2, 0.25) is 0 Å². The highest BCUT2D eigenvalue weighted by molar-refractivity contribution is 5.65. The first-order chi connectivity index (χ1) is 13.2. The molecule has 0 fully saturated rings. The Morgan fingerprint density at radius 1 is 0.778 bits per heavy atom. The third kappa shape index (κ3) is 3.98. The van der Waals surface area contributed by atoms with Crippen molar-refractivity contribution in [1.29, 1.82) is 0 Å². The second-order valence-electron chi connectivity index (χ2n) is 7.05. The van der Waals surface area contributed by atoms with Gasteiger partial charge in [-0.3, -0.25) is 5.01 Å². The molecule has 3 nitrogen and oxygen atoms in total. The Balaban J connectivity index is 1.69. The maximum atomic E-state index is 4.58. The molecule has 3 heteroatoms. The van der Waals surface area contributed by atoms with Gasteiger partial charge in [-0.1, -0.05) is 95.2 Å². The van der Waals surface area contributed by atoms with Gasteiger partial charge in [-0.25, -0.2) is 0 Å². The summed E-state index contributed by atoms with van der Waals surface area (Å²) in [7, 11) is 0. The highest BCUT2D eigenvalue weighted by atomic mass is 15.6. The molecule has 4 rings (SSSR count). The predicted molar refractivity (Wildman–Crippen MR) is 110 cm³/mol. The van der Waals surface area contributed by atoms with Crippen LogP contribution in [-0.2, 0) is 6.54 Å². The van der Waals surface area contributed by atoms with Gasteiger partial charge < -0.3 is 0 Å². The minimum Gasteiger partial charge on any atom is -0.263 e. The molecule has 134 valence electrons. The summed E-state index contributed by atoms with van der Waals surface area (Å²) in [6, 6.07) is 27.6. The summed E-state index contributed by atoms with van der Waals surface area (Å²) in [5, 5.41) is 11.1. The lowest BCUT2D eigenvalue weighted by Gasteiger charge is -2.29. The van der Waals surface area contributed by atoms with E-state index in [0.717, 1.165) is 17.8 Å². The van der Waals surface area contributed by atoms with Crippen LogP contribution in [0.5, 0.6) is 0 Å². The minimum absolute atomic E-state index is 0.0552. The molecule has 1 unspecified atom stereocenters. The van der Waals surface area contributed by atoms with Gasteiger partial charge in [0.15, 0.2) is 0 Å². The van der Waals surface area contributed by atoms with Gasteiger partial charge in [0.25, 0.3) is 0 Å². The number of benzene rings is 3. The topological polar surface area (TPSA) is 28.0 Å². The fraction of sp³-hybridized carbons (Fsp3) is 0.167. The molecule has 1 atom stereocenters. The lowest BCUT2D eigenvalue weighted by Crippen LogP contribution is -2.24. The molecule has 3 aromatic carbocycles. The van der Waals surface area contributed by atoms with E-state index >= 15 is 0 Å². The smallest absolute Gasteiger partial charge is 0.0946 e. The van der Waals surface area contributed by atoms with E-state index in [-0.39, 0.29) is 6.04 Å². The molecule has 0 radical (unpaired) electrons. The summed E-state index contributed by atoms with van der Waals surface area (Å²) >= 11 is 0. The molecule has 1 aliphatic heterocycles. The zero-order valence-corrected chi connectivity index (χ0v) is 15.7. The van der Waals surface area contributed by atoms with Gasteiger partial charge in [-0.15, -0.1) is 5.11 Å². The van der Waals surface area contributed by atoms with Crippen LogP contribution in [-0.4, -0.2) is 5.01 Å². The number of aryl methyl sites for hydroxylation is 2. The zero-order valence-electron chi connectivity index (χ0n) is 15.7. The van der Waals surface area contributed by atoms with Crippen molar-refractivity contribution in [3.8, 4) is 0 Å². The van der Waals surface area contributed by atoms with E-state index in [4.69, 9.17) is 0 Å². The summed E-state index contributed by atoms with van der Waals surface area (Å²) < 4.78 is 0. The monoisotopic (exact) mass is 353 g/mol. The number of hydrogen-bond donors (Lipinski definition) is 0. The average molecular weight is 353 g/mol. The lowest BCUT2D eigenvalue weighted by molar-refractivity contribution is 0.211. The van der Waals surface area contributed by atoms with Crippen LogP contribution in [0, 0.1) is 13.8 Å². The van der Waals surface area contributed by atoms with E-state index in [1.54, 1.807) is 0 Å². The standard InChI is InChI=1S/C24H23N3/c1-18-8-12-21(13-9-18)23-16-24(22-14-10-19(2)11-15-22)27(26-25-23)17-20-6-4-3-5-7-20/h3-16,24H,17H2,1-2H3. The normalized spacial score (nSPS) is 16.3. The molecule has 0 aliphatic carbocycles. The van der Waals surface area contributed by atoms with Gasteiger partial charge in [-0.2, -0.15) is 0 Å². The molecular formula is C24H23N3. The zero-order chi connectivity index (χ0) is 18.6. The second kappa shape index (κ2) is 7.58. The Hall–Kier alpha value is -3.20. The molecule has 1 heterocycles. The van der Waals surface area contributed by atoms with E-state index in [2.05, 4.69) is 108 Å². The van der Waals surface area contributed by atoms with Crippen molar-refractivity contribution >= 4 is 5.70 Å². The van der Waals surface area contributed by atoms with Crippen molar-refractivity contribution in [2.75, 3.05) is 0 Å². The second-order valence-corrected chi connectivity index (χ2v) is 7.05. The van der Waals surface area contributed by atoms with Gasteiger partial charge in [0.2, 0.25) is 0 Å². The molecule has 0 saturated heterocycles. The van der Waals surface area contributed by atoms with E-state index < -0.39 is 0 Å². The average Bonchev–Trinajstić information content (AvgIpc) is 2.70. The quantitative estimate of drug-likeness (QED) is 0.543. The third-order valence-corrected chi connectivity index (χ3v) is 4.86. The molecule has 0 N–H and O–H groups in total. The highest BCUT2D eigenvalue weighted by Crippen LogP contribution is 2.33. The van der Waals surface area contributed by atoms with Crippen LogP contribution in [0.25, 0.3) is 5.70 Å². The number of rotatable bonds is 4. The van der Waals surface area contributed by atoms with Gasteiger partial charge in [0, 0.05) is 5.56 Å². The Morgan fingerprint density at radius 2 is 1.41 bits per heavy atom. The minimum atomic E-state index is 0.0552. The van der Waals surface area contributed by atoms with E-state index in [1.807, 2.05) is 6.07 Å². The lowest BCUT2D eigenvalue weighted by atomic mass is 10.0. The van der Waals surface area contributed by atoms with E-state index in [0.29, 0.717) is 0 Å². The summed E-state index contributed by atoms with van der Waals surface area (Å²) in [5.41, 5.74) is 6.97. The van der Waals surface area contributed by atoms with Crippen LogP contribution in [0.4, 0.5) is 0 Å². The molecule has 0 saturated carbocycles. The van der Waals surface area contributed by atoms with Gasteiger partial charge in [-0.05, 0) is 31.1 Å². The fourth-order valence-corrected chi connectivity index (χ4v) is 3.24. The van der Waals surface area contributed by atoms with Crippen LogP contribution < -0.4 is 0 Å². The van der Waals surface area contributed by atoms with E-state index in [1.165, 1.54) is 22.3 Å². The third-order valence-electron chi connectivity index (χ3n) is 4.86. The molecule has 1 aliphatic rings. The van der Waals surface area contributed by atoms with Crippen LogP contribution >= 0.6 is 0 Å².